The molecule has 0 amide bonds. The van der Waals surface area contributed by atoms with Crippen LogP contribution in [0.2, 0.25) is 19.6 Å². The molecule has 0 heterocycles. The van der Waals surface area contributed by atoms with Gasteiger partial charge in [-0.3, -0.25) is 0 Å². The van der Waals surface area contributed by atoms with Crippen LogP contribution < -0.4 is 0 Å². The largest absolute Gasteiger partial charge is 0.415 e. The molecule has 0 aliphatic rings. The minimum atomic E-state index is -1.45. The molecular weight excluding hydrogens is 603 g/mol. The minimum absolute atomic E-state index is 0.113. The van der Waals surface area contributed by atoms with Crippen LogP contribution in [0.4, 0.5) is 4.39 Å². The van der Waals surface area contributed by atoms with Crippen molar-refractivity contribution >= 4 is 8.32 Å². The van der Waals surface area contributed by atoms with E-state index in [9.17, 15) is 4.39 Å². The van der Waals surface area contributed by atoms with Gasteiger partial charge in [-0.05, 0) is 19.6 Å². The van der Waals surface area contributed by atoms with Gasteiger partial charge in [0.2, 0.25) is 0 Å². The van der Waals surface area contributed by atoms with Crippen molar-refractivity contribution in [3.8, 4) is 0 Å². The van der Waals surface area contributed by atoms with E-state index < -0.39 is 15.0 Å². The normalized spacial score (nSPS) is 12.0. The molecule has 13 nitrogen and oxygen atoms in total. The summed E-state index contributed by atoms with van der Waals surface area (Å²) in [7, 11) is -1.45. The van der Waals surface area contributed by atoms with Crippen LogP contribution in [-0.4, -0.2) is 180 Å². The summed E-state index contributed by atoms with van der Waals surface area (Å²) < 4.78 is 82.3. The molecule has 0 saturated heterocycles. The topological polar surface area (TPSA) is 120 Å². The standard InChI is InChI=1S/C29H61FO13Si/c1-44(2,3)43-29-28-42-27-26-41-25-24-40-23-22-39-21-20-38-19-18-37-17-16-36-15-14-35-13-12-34-11-10-33-9-8-32-7-6-31-5-4-30/h4-29H2,1-3H3. The average Bonchev–Trinajstić information content (AvgIpc) is 3.00. The first kappa shape index (κ1) is 43.6. The Kier molecular flexibility index (Phi) is 36.8. The van der Waals surface area contributed by atoms with E-state index in [-0.39, 0.29) is 6.61 Å². The third-order valence-corrected chi connectivity index (χ3v) is 6.15. The summed E-state index contributed by atoms with van der Waals surface area (Å²) in [5.41, 5.74) is 0. The Morgan fingerprint density at radius 2 is 0.432 bits per heavy atom. The van der Waals surface area contributed by atoms with Gasteiger partial charge in [-0.1, -0.05) is 0 Å². The van der Waals surface area contributed by atoms with Crippen LogP contribution in [0.25, 0.3) is 0 Å². The fourth-order valence-electron chi connectivity index (χ4n) is 2.98. The second kappa shape index (κ2) is 37.1. The molecule has 0 saturated carbocycles. The highest BCUT2D eigenvalue weighted by Crippen LogP contribution is 2.01. The molecule has 0 aromatic rings. The van der Waals surface area contributed by atoms with E-state index in [4.69, 9.17) is 61.3 Å². The SMILES string of the molecule is C[Si](C)(C)OCCOCCOCCOCCOCCOCCOCCOCCOCCOCCOCCOCCOCCF. The maximum Gasteiger partial charge on any atom is 0.183 e. The van der Waals surface area contributed by atoms with Gasteiger partial charge in [-0.25, -0.2) is 4.39 Å². The summed E-state index contributed by atoms with van der Waals surface area (Å²) in [6.45, 7) is 18.4. The van der Waals surface area contributed by atoms with Gasteiger partial charge in [-0.15, -0.1) is 0 Å². The summed E-state index contributed by atoms with van der Waals surface area (Å²) in [5, 5.41) is 0. The third-order valence-electron chi connectivity index (χ3n) is 5.08. The Morgan fingerprint density at radius 3 is 0.591 bits per heavy atom. The van der Waals surface area contributed by atoms with Crippen LogP contribution in [0.1, 0.15) is 0 Å². The Balaban J connectivity index is 3.05. The molecule has 0 radical (unpaired) electrons. The maximum absolute atomic E-state index is 11.8. The quantitative estimate of drug-likeness (QED) is 0.0705. The fraction of sp³-hybridized carbons (Fsp3) is 1.00. The van der Waals surface area contributed by atoms with E-state index in [1.165, 1.54) is 0 Å². The summed E-state index contributed by atoms with van der Waals surface area (Å²) in [4.78, 5) is 0. The minimum Gasteiger partial charge on any atom is -0.415 e. The van der Waals surface area contributed by atoms with Gasteiger partial charge < -0.3 is 61.3 Å². The van der Waals surface area contributed by atoms with Crippen molar-refractivity contribution in [1.29, 1.82) is 0 Å². The van der Waals surface area contributed by atoms with Gasteiger partial charge in [0.1, 0.15) is 6.67 Å². The van der Waals surface area contributed by atoms with Gasteiger partial charge in [0.25, 0.3) is 0 Å². The molecule has 0 unspecified atom stereocenters. The van der Waals surface area contributed by atoms with Crippen molar-refractivity contribution in [2.24, 2.45) is 0 Å². The zero-order chi connectivity index (χ0) is 32.1. The van der Waals surface area contributed by atoms with Crippen molar-refractivity contribution in [2.45, 2.75) is 19.6 Å². The van der Waals surface area contributed by atoms with Crippen LogP contribution in [0.3, 0.4) is 0 Å². The molecule has 0 fully saturated rings. The molecule has 0 aliphatic carbocycles. The lowest BCUT2D eigenvalue weighted by Crippen LogP contribution is -2.27. The second-order valence-corrected chi connectivity index (χ2v) is 14.5. The number of alkyl halides is 1. The zero-order valence-corrected chi connectivity index (χ0v) is 28.6. The van der Waals surface area contributed by atoms with Gasteiger partial charge in [0.15, 0.2) is 8.32 Å². The maximum atomic E-state index is 11.8. The summed E-state index contributed by atoms with van der Waals surface area (Å²) in [5.74, 6) is 0. The van der Waals surface area contributed by atoms with E-state index >= 15 is 0 Å². The Bertz CT molecular complexity index is 536. The van der Waals surface area contributed by atoms with E-state index in [0.717, 1.165) is 0 Å². The van der Waals surface area contributed by atoms with Crippen LogP contribution in [0.15, 0.2) is 0 Å². The van der Waals surface area contributed by atoms with Crippen LogP contribution >= 0.6 is 0 Å². The molecule has 0 atom stereocenters. The van der Waals surface area contributed by atoms with Crippen molar-refractivity contribution < 1.29 is 65.7 Å². The monoisotopic (exact) mass is 664 g/mol. The predicted octanol–water partition coefficient (Wildman–Crippen LogP) is 2.01. The summed E-state index contributed by atoms with van der Waals surface area (Å²) in [6, 6.07) is 0. The predicted molar refractivity (Wildman–Crippen MR) is 165 cm³/mol. The molecule has 266 valence electrons. The van der Waals surface area contributed by atoms with Gasteiger partial charge in [0, 0.05) is 0 Å². The molecule has 0 aromatic carbocycles. The Morgan fingerprint density at radius 1 is 0.273 bits per heavy atom. The molecule has 0 aromatic heterocycles. The highest BCUT2D eigenvalue weighted by molar-refractivity contribution is 6.69. The molecule has 0 rings (SSSR count). The van der Waals surface area contributed by atoms with Gasteiger partial charge in [-0.2, -0.15) is 0 Å². The number of ether oxygens (including phenoxy) is 12. The molecular formula is C29H61FO13Si. The number of hydrogen-bond donors (Lipinski definition) is 0. The van der Waals surface area contributed by atoms with Crippen LogP contribution in [0, 0.1) is 0 Å². The van der Waals surface area contributed by atoms with Gasteiger partial charge >= 0.3 is 0 Å². The van der Waals surface area contributed by atoms with Crippen LogP contribution in [-0.2, 0) is 61.3 Å². The molecule has 0 N–H and O–H groups in total. The van der Waals surface area contributed by atoms with Gasteiger partial charge in [0.05, 0.1) is 165 Å². The van der Waals surface area contributed by atoms with Crippen molar-refractivity contribution in [3.05, 3.63) is 0 Å². The Labute approximate surface area is 265 Å². The lowest BCUT2D eigenvalue weighted by molar-refractivity contribution is -0.0286. The molecule has 0 bridgehead atoms. The first-order chi connectivity index (χ1) is 21.6. The number of halogens is 1. The average molecular weight is 665 g/mol. The Hall–Kier alpha value is -0.373. The lowest BCUT2D eigenvalue weighted by atomic mass is 10.6. The van der Waals surface area contributed by atoms with E-state index in [1.807, 2.05) is 0 Å². The lowest BCUT2D eigenvalue weighted by Gasteiger charge is -2.16. The van der Waals surface area contributed by atoms with E-state index in [0.29, 0.717) is 159 Å². The number of hydrogen-bond acceptors (Lipinski definition) is 13. The van der Waals surface area contributed by atoms with Crippen LogP contribution in [0.5, 0.6) is 0 Å². The van der Waals surface area contributed by atoms with Crippen molar-refractivity contribution in [1.82, 2.24) is 0 Å². The molecule has 44 heavy (non-hydrogen) atoms. The molecule has 0 aliphatic heterocycles. The first-order valence-corrected chi connectivity index (χ1v) is 19.1. The van der Waals surface area contributed by atoms with E-state index in [1.54, 1.807) is 0 Å². The molecule has 15 heteroatoms. The smallest absolute Gasteiger partial charge is 0.183 e. The summed E-state index contributed by atoms with van der Waals surface area (Å²) >= 11 is 0. The van der Waals surface area contributed by atoms with E-state index in [2.05, 4.69) is 19.6 Å². The highest BCUT2D eigenvalue weighted by atomic mass is 28.4. The first-order valence-electron chi connectivity index (χ1n) is 15.7. The molecule has 0 spiro atoms. The summed E-state index contributed by atoms with van der Waals surface area (Å²) in [6.07, 6.45) is 0. The number of rotatable bonds is 39. The second-order valence-electron chi connectivity index (χ2n) is 10.00. The third kappa shape index (κ3) is 41.6. The highest BCUT2D eigenvalue weighted by Gasteiger charge is 2.13. The van der Waals surface area contributed by atoms with Crippen molar-refractivity contribution in [3.63, 3.8) is 0 Å². The zero-order valence-electron chi connectivity index (χ0n) is 27.6. The fourth-order valence-corrected chi connectivity index (χ4v) is 3.68. The van der Waals surface area contributed by atoms with Crippen molar-refractivity contribution in [2.75, 3.05) is 172 Å².